The lowest BCUT2D eigenvalue weighted by Gasteiger charge is -2.20. The smallest absolute Gasteiger partial charge is 0.261 e. The van der Waals surface area contributed by atoms with E-state index in [1.54, 1.807) is 24.3 Å². The highest BCUT2D eigenvalue weighted by atomic mass is 19.1. The highest BCUT2D eigenvalue weighted by molar-refractivity contribution is 6.09. The van der Waals surface area contributed by atoms with Crippen LogP contribution in [0.3, 0.4) is 0 Å². The van der Waals surface area contributed by atoms with Crippen LogP contribution in [0, 0.1) is 5.82 Å². The summed E-state index contributed by atoms with van der Waals surface area (Å²) in [4.78, 5) is 24.4. The molecule has 0 unspecified atom stereocenters. The molecule has 0 saturated carbocycles. The highest BCUT2D eigenvalue weighted by Crippen LogP contribution is 2.39. The zero-order valence-corrected chi connectivity index (χ0v) is 12.3. The van der Waals surface area contributed by atoms with E-state index in [0.717, 1.165) is 6.07 Å². The largest absolute Gasteiger partial charge is 0.497 e. The molecule has 0 fully saturated rings. The summed E-state index contributed by atoms with van der Waals surface area (Å²) in [6.07, 6.45) is -0.471. The van der Waals surface area contributed by atoms with E-state index in [-0.39, 0.29) is 5.56 Å². The number of hydrogen-bond acceptors (Lipinski definition) is 4. The van der Waals surface area contributed by atoms with Crippen molar-refractivity contribution < 1.29 is 23.8 Å². The Hall–Kier alpha value is -2.73. The van der Waals surface area contributed by atoms with E-state index >= 15 is 0 Å². The fourth-order valence-electron chi connectivity index (χ4n) is 2.60. The lowest BCUT2D eigenvalue weighted by atomic mass is 9.88. The molecule has 2 aromatic carbocycles. The number of carbonyl (C=O) groups excluding carboxylic acids is 2. The zero-order chi connectivity index (χ0) is 16.6. The van der Waals surface area contributed by atoms with Gasteiger partial charge in [0.05, 0.1) is 13.5 Å². The minimum absolute atomic E-state index is 0.0735. The molecule has 1 aliphatic rings. The van der Waals surface area contributed by atoms with Gasteiger partial charge in [0.1, 0.15) is 11.6 Å². The van der Waals surface area contributed by atoms with Gasteiger partial charge in [0.2, 0.25) is 0 Å². The highest BCUT2D eigenvalue weighted by Gasteiger charge is 2.47. The average molecular weight is 315 g/mol. The Kier molecular flexibility index (Phi) is 3.61. The van der Waals surface area contributed by atoms with Crippen molar-refractivity contribution >= 4 is 17.4 Å². The Morgan fingerprint density at radius 1 is 1.26 bits per heavy atom. The number of fused-ring (bicyclic) bond motifs is 1. The summed E-state index contributed by atoms with van der Waals surface area (Å²) in [7, 11) is 1.51. The number of carbonyl (C=O) groups is 2. The SMILES string of the molecule is COc1ccc(C(=O)C[C@]2(O)C(=O)Nc3ccc(F)cc32)cc1. The third-order valence-electron chi connectivity index (χ3n) is 3.88. The first kappa shape index (κ1) is 15.2. The molecule has 0 bridgehead atoms. The van der Waals surface area contributed by atoms with Gasteiger partial charge >= 0.3 is 0 Å². The minimum Gasteiger partial charge on any atom is -0.497 e. The summed E-state index contributed by atoms with van der Waals surface area (Å²) in [5.41, 5.74) is -1.36. The molecule has 0 spiro atoms. The van der Waals surface area contributed by atoms with Gasteiger partial charge in [0.15, 0.2) is 11.4 Å². The molecule has 1 heterocycles. The second-order valence-corrected chi connectivity index (χ2v) is 5.33. The Morgan fingerprint density at radius 3 is 2.61 bits per heavy atom. The van der Waals surface area contributed by atoms with Crippen LogP contribution in [0.4, 0.5) is 10.1 Å². The van der Waals surface area contributed by atoms with Gasteiger partial charge < -0.3 is 15.2 Å². The summed E-state index contributed by atoms with van der Waals surface area (Å²) in [6.45, 7) is 0. The Labute approximate surface area is 131 Å². The number of aliphatic hydroxyl groups is 1. The molecule has 23 heavy (non-hydrogen) atoms. The molecule has 5 nitrogen and oxygen atoms in total. The molecule has 6 heteroatoms. The van der Waals surface area contributed by atoms with Crippen LogP contribution in [0.15, 0.2) is 42.5 Å². The molecule has 0 aromatic heterocycles. The molecule has 0 aliphatic carbocycles. The van der Waals surface area contributed by atoms with Gasteiger partial charge in [-0.25, -0.2) is 4.39 Å². The molecule has 2 N–H and O–H groups in total. The molecular formula is C17H14FNO4. The van der Waals surface area contributed by atoms with E-state index < -0.39 is 29.5 Å². The van der Waals surface area contributed by atoms with Crippen LogP contribution in [-0.2, 0) is 10.4 Å². The molecule has 0 radical (unpaired) electrons. The number of Topliss-reactive ketones (excluding diaryl/α,β-unsaturated/α-hetero) is 1. The van der Waals surface area contributed by atoms with Crippen molar-refractivity contribution in [1.29, 1.82) is 0 Å². The van der Waals surface area contributed by atoms with Crippen LogP contribution in [0.5, 0.6) is 5.75 Å². The second kappa shape index (κ2) is 5.48. The lowest BCUT2D eigenvalue weighted by molar-refractivity contribution is -0.133. The molecule has 1 aliphatic heterocycles. The van der Waals surface area contributed by atoms with Crippen LogP contribution in [0.25, 0.3) is 0 Å². The van der Waals surface area contributed by atoms with Gasteiger partial charge in [-0.15, -0.1) is 0 Å². The van der Waals surface area contributed by atoms with Gasteiger partial charge in [-0.3, -0.25) is 9.59 Å². The predicted octanol–water partition coefficient (Wildman–Crippen LogP) is 2.25. The van der Waals surface area contributed by atoms with E-state index in [9.17, 15) is 19.1 Å². The number of ketones is 1. The van der Waals surface area contributed by atoms with Gasteiger partial charge in [-0.2, -0.15) is 0 Å². The van der Waals surface area contributed by atoms with Gasteiger partial charge in [0.25, 0.3) is 5.91 Å². The Bertz CT molecular complexity index is 788. The maximum Gasteiger partial charge on any atom is 0.261 e. The van der Waals surface area contributed by atoms with Crippen LogP contribution in [0.2, 0.25) is 0 Å². The zero-order valence-electron chi connectivity index (χ0n) is 12.3. The van der Waals surface area contributed by atoms with E-state index in [4.69, 9.17) is 4.74 Å². The number of benzene rings is 2. The van der Waals surface area contributed by atoms with E-state index in [1.807, 2.05) is 0 Å². The third-order valence-corrected chi connectivity index (χ3v) is 3.88. The first-order valence-corrected chi connectivity index (χ1v) is 6.95. The standard InChI is InChI=1S/C17H14FNO4/c1-23-12-5-2-10(3-6-12)15(20)9-17(22)13-8-11(18)4-7-14(13)19-16(17)21/h2-8,22H,9H2,1H3,(H,19,21)/t17-/m1/s1. The fraction of sp³-hybridized carbons (Fsp3) is 0.176. The van der Waals surface area contributed by atoms with Crippen molar-refractivity contribution in [3.8, 4) is 5.75 Å². The fourth-order valence-corrected chi connectivity index (χ4v) is 2.60. The number of anilines is 1. The number of nitrogens with one attached hydrogen (secondary N) is 1. The van der Waals surface area contributed by atoms with E-state index in [0.29, 0.717) is 17.0 Å². The number of hydrogen-bond donors (Lipinski definition) is 2. The third kappa shape index (κ3) is 2.57. The Balaban J connectivity index is 1.90. The van der Waals surface area contributed by atoms with Crippen molar-refractivity contribution in [1.82, 2.24) is 0 Å². The summed E-state index contributed by atoms with van der Waals surface area (Å²) in [5, 5.41) is 13.1. The minimum atomic E-state index is -2.07. The molecule has 3 rings (SSSR count). The molecule has 1 amide bonds. The van der Waals surface area contributed by atoms with Crippen LogP contribution >= 0.6 is 0 Å². The maximum atomic E-state index is 13.4. The monoisotopic (exact) mass is 315 g/mol. The molecule has 0 saturated heterocycles. The van der Waals surface area contributed by atoms with Crippen LogP contribution in [0.1, 0.15) is 22.3 Å². The van der Waals surface area contributed by atoms with Crippen LogP contribution in [-0.4, -0.2) is 23.9 Å². The van der Waals surface area contributed by atoms with Gasteiger partial charge in [0, 0.05) is 16.8 Å². The number of ether oxygens (including phenoxy) is 1. The Morgan fingerprint density at radius 2 is 1.96 bits per heavy atom. The lowest BCUT2D eigenvalue weighted by Crippen LogP contribution is -2.36. The number of amides is 1. The summed E-state index contributed by atoms with van der Waals surface area (Å²) >= 11 is 0. The molecule has 118 valence electrons. The molecule has 1 atom stereocenters. The van der Waals surface area contributed by atoms with Crippen molar-refractivity contribution in [2.75, 3.05) is 12.4 Å². The van der Waals surface area contributed by atoms with Gasteiger partial charge in [-0.05, 0) is 42.5 Å². The molecule has 2 aromatic rings. The van der Waals surface area contributed by atoms with Gasteiger partial charge in [-0.1, -0.05) is 0 Å². The average Bonchev–Trinajstić information content (AvgIpc) is 2.79. The second-order valence-electron chi connectivity index (χ2n) is 5.33. The number of halogens is 1. The first-order valence-electron chi connectivity index (χ1n) is 6.95. The normalized spacial score (nSPS) is 19.2. The number of rotatable bonds is 4. The molecular weight excluding hydrogens is 301 g/mol. The summed E-state index contributed by atoms with van der Waals surface area (Å²) in [6, 6.07) is 9.91. The summed E-state index contributed by atoms with van der Waals surface area (Å²) in [5.74, 6) is -1.16. The van der Waals surface area contributed by atoms with Crippen LogP contribution < -0.4 is 10.1 Å². The summed E-state index contributed by atoms with van der Waals surface area (Å²) < 4.78 is 18.4. The van der Waals surface area contributed by atoms with Crippen molar-refractivity contribution in [3.63, 3.8) is 0 Å². The van der Waals surface area contributed by atoms with Crippen molar-refractivity contribution in [3.05, 3.63) is 59.4 Å². The van der Waals surface area contributed by atoms with Crippen molar-refractivity contribution in [2.24, 2.45) is 0 Å². The first-order chi connectivity index (χ1) is 10.9. The quantitative estimate of drug-likeness (QED) is 0.849. The predicted molar refractivity (Wildman–Crippen MR) is 80.9 cm³/mol. The topological polar surface area (TPSA) is 75.6 Å². The van der Waals surface area contributed by atoms with E-state index in [1.165, 1.54) is 19.2 Å². The van der Waals surface area contributed by atoms with Crippen molar-refractivity contribution in [2.45, 2.75) is 12.0 Å². The number of methoxy groups -OCH3 is 1. The van der Waals surface area contributed by atoms with E-state index in [2.05, 4.69) is 5.32 Å². The maximum absolute atomic E-state index is 13.4.